The van der Waals surface area contributed by atoms with E-state index in [1.807, 2.05) is 38.1 Å². The van der Waals surface area contributed by atoms with Crippen LogP contribution in [0.15, 0.2) is 48.5 Å². The maximum Gasteiger partial charge on any atom is 0.319 e. The van der Waals surface area contributed by atoms with Crippen LogP contribution in [0.3, 0.4) is 0 Å². The van der Waals surface area contributed by atoms with E-state index in [4.69, 9.17) is 0 Å². The predicted molar refractivity (Wildman–Crippen MR) is 88.9 cm³/mol. The first kappa shape index (κ1) is 17.0. The van der Waals surface area contributed by atoms with Gasteiger partial charge in [-0.15, -0.1) is 0 Å². The average Bonchev–Trinajstić information content (AvgIpc) is 2.53. The highest BCUT2D eigenvalue weighted by Gasteiger charge is 2.14. The molecule has 0 saturated heterocycles. The number of halogens is 1. The Hall–Kier alpha value is -2.40. The summed E-state index contributed by atoms with van der Waals surface area (Å²) in [5.41, 5.74) is 1.91. The van der Waals surface area contributed by atoms with Gasteiger partial charge in [-0.25, -0.2) is 9.18 Å². The third-order valence-corrected chi connectivity index (χ3v) is 3.55. The van der Waals surface area contributed by atoms with Gasteiger partial charge in [0.25, 0.3) is 0 Å². The van der Waals surface area contributed by atoms with Gasteiger partial charge in [-0.2, -0.15) is 0 Å². The van der Waals surface area contributed by atoms with Gasteiger partial charge in [0.05, 0.1) is 6.10 Å². The fourth-order valence-corrected chi connectivity index (χ4v) is 2.33. The first-order chi connectivity index (χ1) is 11.0. The summed E-state index contributed by atoms with van der Waals surface area (Å²) in [6, 6.07) is 13.1. The number of carbonyl (C=O) groups excluding carboxylic acids is 1. The van der Waals surface area contributed by atoms with Gasteiger partial charge >= 0.3 is 6.03 Å². The Kier molecular flexibility index (Phi) is 5.71. The van der Waals surface area contributed by atoms with E-state index in [0.29, 0.717) is 0 Å². The zero-order valence-electron chi connectivity index (χ0n) is 13.2. The van der Waals surface area contributed by atoms with Gasteiger partial charge < -0.3 is 15.7 Å². The maximum absolute atomic E-state index is 13.6. The summed E-state index contributed by atoms with van der Waals surface area (Å²) >= 11 is 0. The second kappa shape index (κ2) is 7.74. The van der Waals surface area contributed by atoms with E-state index < -0.39 is 18.0 Å². The Bertz CT molecular complexity index is 674. The van der Waals surface area contributed by atoms with Crippen LogP contribution < -0.4 is 10.6 Å². The van der Waals surface area contributed by atoms with Crippen molar-refractivity contribution in [1.29, 1.82) is 0 Å². The molecule has 23 heavy (non-hydrogen) atoms. The Balaban J connectivity index is 1.95. The monoisotopic (exact) mass is 316 g/mol. The molecule has 2 aromatic rings. The van der Waals surface area contributed by atoms with E-state index >= 15 is 0 Å². The molecule has 0 bridgehead atoms. The molecule has 0 aromatic heterocycles. The van der Waals surface area contributed by atoms with Crippen LogP contribution in [0.1, 0.15) is 37.0 Å². The van der Waals surface area contributed by atoms with E-state index in [1.165, 1.54) is 12.1 Å². The lowest BCUT2D eigenvalue weighted by molar-refractivity contribution is 0.170. The SMILES string of the molecule is CC(C)c1ccccc1NC(=O)NCC(O)c1ccccc1F. The molecule has 0 fully saturated rings. The van der Waals surface area contributed by atoms with E-state index in [-0.39, 0.29) is 18.0 Å². The molecule has 5 heteroatoms. The number of urea groups is 1. The standard InChI is InChI=1S/C18H21FN2O2/c1-12(2)13-7-4-6-10-16(13)21-18(23)20-11-17(22)14-8-3-5-9-15(14)19/h3-10,12,17,22H,11H2,1-2H3,(H2,20,21,23). The van der Waals surface area contributed by atoms with E-state index in [1.54, 1.807) is 12.1 Å². The molecule has 0 aliphatic heterocycles. The maximum atomic E-state index is 13.6. The summed E-state index contributed by atoms with van der Waals surface area (Å²) < 4.78 is 13.6. The molecule has 3 N–H and O–H groups in total. The molecular weight excluding hydrogens is 295 g/mol. The van der Waals surface area contributed by atoms with Gasteiger partial charge in [0.2, 0.25) is 0 Å². The van der Waals surface area contributed by atoms with Gasteiger partial charge in [-0.05, 0) is 23.6 Å². The first-order valence-electron chi connectivity index (χ1n) is 7.55. The Morgan fingerprint density at radius 1 is 1.09 bits per heavy atom. The molecule has 0 aliphatic rings. The van der Waals surface area contributed by atoms with E-state index in [9.17, 15) is 14.3 Å². The predicted octanol–water partition coefficient (Wildman–Crippen LogP) is 3.80. The molecule has 0 heterocycles. The average molecular weight is 316 g/mol. The molecule has 4 nitrogen and oxygen atoms in total. The quantitative estimate of drug-likeness (QED) is 0.785. The van der Waals surface area contributed by atoms with Gasteiger partial charge in [0.15, 0.2) is 0 Å². The van der Waals surface area contributed by atoms with Crippen LogP contribution in [-0.2, 0) is 0 Å². The Morgan fingerprint density at radius 3 is 2.35 bits per heavy atom. The third-order valence-electron chi connectivity index (χ3n) is 3.55. The van der Waals surface area contributed by atoms with Crippen LogP contribution in [0.25, 0.3) is 0 Å². The number of anilines is 1. The molecule has 2 aromatic carbocycles. The molecule has 0 spiro atoms. The van der Waals surface area contributed by atoms with Crippen LogP contribution in [0.5, 0.6) is 0 Å². The highest BCUT2D eigenvalue weighted by Crippen LogP contribution is 2.23. The summed E-state index contributed by atoms with van der Waals surface area (Å²) in [7, 11) is 0. The van der Waals surface area contributed by atoms with Crippen LogP contribution in [-0.4, -0.2) is 17.7 Å². The van der Waals surface area contributed by atoms with Crippen molar-refractivity contribution in [2.45, 2.75) is 25.9 Å². The number of aliphatic hydroxyl groups excluding tert-OH is 1. The van der Waals surface area contributed by atoms with Crippen molar-refractivity contribution >= 4 is 11.7 Å². The second-order valence-electron chi connectivity index (χ2n) is 5.61. The highest BCUT2D eigenvalue weighted by molar-refractivity contribution is 5.90. The molecule has 0 saturated carbocycles. The van der Waals surface area contributed by atoms with Gasteiger partial charge in [0, 0.05) is 17.8 Å². The van der Waals surface area contributed by atoms with Crippen molar-refractivity contribution in [3.05, 3.63) is 65.5 Å². The van der Waals surface area contributed by atoms with Crippen molar-refractivity contribution in [3.8, 4) is 0 Å². The van der Waals surface area contributed by atoms with Crippen molar-refractivity contribution in [3.63, 3.8) is 0 Å². The molecule has 2 rings (SSSR count). The smallest absolute Gasteiger partial charge is 0.319 e. The lowest BCUT2D eigenvalue weighted by atomic mass is 10.0. The fraction of sp³-hybridized carbons (Fsp3) is 0.278. The minimum absolute atomic E-state index is 0.0728. The van der Waals surface area contributed by atoms with Crippen molar-refractivity contribution in [1.82, 2.24) is 5.32 Å². The van der Waals surface area contributed by atoms with Crippen LogP contribution in [0, 0.1) is 5.82 Å². The number of benzene rings is 2. The summed E-state index contributed by atoms with van der Waals surface area (Å²) in [5, 5.41) is 15.3. The second-order valence-corrected chi connectivity index (χ2v) is 5.61. The normalized spacial score (nSPS) is 12.0. The molecule has 122 valence electrons. The topological polar surface area (TPSA) is 61.4 Å². The fourth-order valence-electron chi connectivity index (χ4n) is 2.33. The molecule has 1 unspecified atom stereocenters. The van der Waals surface area contributed by atoms with Gasteiger partial charge in [-0.3, -0.25) is 0 Å². The number of para-hydroxylation sites is 1. The molecule has 1 atom stereocenters. The highest BCUT2D eigenvalue weighted by atomic mass is 19.1. The third kappa shape index (κ3) is 4.53. The Morgan fingerprint density at radius 2 is 1.70 bits per heavy atom. The number of hydrogen-bond acceptors (Lipinski definition) is 2. The first-order valence-corrected chi connectivity index (χ1v) is 7.55. The van der Waals surface area contributed by atoms with E-state index in [2.05, 4.69) is 10.6 Å². The van der Waals surface area contributed by atoms with Gasteiger partial charge in [-0.1, -0.05) is 50.2 Å². The molecule has 0 radical (unpaired) electrons. The van der Waals surface area contributed by atoms with Crippen molar-refractivity contribution < 1.29 is 14.3 Å². The lowest BCUT2D eigenvalue weighted by Crippen LogP contribution is -2.32. The van der Waals surface area contributed by atoms with Gasteiger partial charge in [0.1, 0.15) is 5.82 Å². The van der Waals surface area contributed by atoms with Crippen LogP contribution in [0.4, 0.5) is 14.9 Å². The number of carbonyl (C=O) groups is 1. The number of rotatable bonds is 5. The summed E-state index contributed by atoms with van der Waals surface area (Å²) in [4.78, 5) is 12.0. The van der Waals surface area contributed by atoms with Crippen LogP contribution >= 0.6 is 0 Å². The molecule has 0 aliphatic carbocycles. The number of nitrogens with one attached hydrogen (secondary N) is 2. The number of hydrogen-bond donors (Lipinski definition) is 3. The van der Waals surface area contributed by atoms with Crippen molar-refractivity contribution in [2.75, 3.05) is 11.9 Å². The summed E-state index contributed by atoms with van der Waals surface area (Å²) in [6.07, 6.45) is -1.10. The lowest BCUT2D eigenvalue weighted by Gasteiger charge is -2.16. The summed E-state index contributed by atoms with van der Waals surface area (Å²) in [5.74, 6) is -0.220. The zero-order valence-corrected chi connectivity index (χ0v) is 13.2. The minimum Gasteiger partial charge on any atom is -0.386 e. The molecule has 2 amide bonds. The zero-order chi connectivity index (χ0) is 16.8. The summed E-state index contributed by atoms with van der Waals surface area (Å²) in [6.45, 7) is 4.01. The minimum atomic E-state index is -1.10. The number of amides is 2. The van der Waals surface area contributed by atoms with Crippen LogP contribution in [0.2, 0.25) is 0 Å². The van der Waals surface area contributed by atoms with Crippen molar-refractivity contribution in [2.24, 2.45) is 0 Å². The number of aliphatic hydroxyl groups is 1. The Labute approximate surface area is 135 Å². The molecular formula is C18H21FN2O2. The van der Waals surface area contributed by atoms with E-state index in [0.717, 1.165) is 11.3 Å². The largest absolute Gasteiger partial charge is 0.386 e.